The second-order valence-electron chi connectivity index (χ2n) is 5.07. The van der Waals surface area contributed by atoms with Crippen molar-refractivity contribution in [2.24, 2.45) is 5.10 Å². The summed E-state index contributed by atoms with van der Waals surface area (Å²) >= 11 is 0. The largest absolute Gasteiger partial charge is 0.474 e. The number of nitrogens with one attached hydrogen (secondary N) is 2. The number of hydrazone groups is 1. The molecule has 1 fully saturated rings. The first-order valence-electron chi connectivity index (χ1n) is 6.78. The third-order valence-electron chi connectivity index (χ3n) is 2.68. The maximum Gasteiger partial charge on any atom is 0.233 e. The van der Waals surface area contributed by atoms with Crippen molar-refractivity contribution in [3.63, 3.8) is 0 Å². The predicted octanol–water partition coefficient (Wildman–Crippen LogP) is 1.62. The molecular formula is C13H23Cl2N5O2. The molecule has 1 heterocycles. The molecule has 0 radical (unpaired) electrons. The molecule has 0 bridgehead atoms. The van der Waals surface area contributed by atoms with Crippen LogP contribution >= 0.6 is 24.8 Å². The number of rotatable bonds is 8. The van der Waals surface area contributed by atoms with E-state index < -0.39 is 6.10 Å². The molecule has 22 heavy (non-hydrogen) atoms. The molecule has 3 N–H and O–H groups in total. The van der Waals surface area contributed by atoms with Gasteiger partial charge in [0.1, 0.15) is 12.7 Å². The second-order valence-corrected chi connectivity index (χ2v) is 5.07. The Morgan fingerprint density at radius 1 is 1.36 bits per heavy atom. The van der Waals surface area contributed by atoms with Gasteiger partial charge < -0.3 is 15.2 Å². The van der Waals surface area contributed by atoms with Crippen molar-refractivity contribution in [1.82, 2.24) is 15.5 Å². The SMILES string of the molecule is CC(C)=NNc1ccc(OCC(O)CNC2CC2)nn1.Cl.Cl. The van der Waals surface area contributed by atoms with E-state index in [-0.39, 0.29) is 31.4 Å². The Bertz CT molecular complexity index is 450. The van der Waals surface area contributed by atoms with Crippen LogP contribution in [0.2, 0.25) is 0 Å². The predicted molar refractivity (Wildman–Crippen MR) is 91.5 cm³/mol. The van der Waals surface area contributed by atoms with Gasteiger partial charge >= 0.3 is 0 Å². The molecule has 0 aromatic carbocycles. The van der Waals surface area contributed by atoms with Crippen molar-refractivity contribution in [2.75, 3.05) is 18.6 Å². The van der Waals surface area contributed by atoms with Crippen molar-refractivity contribution in [2.45, 2.75) is 38.8 Å². The monoisotopic (exact) mass is 351 g/mol. The van der Waals surface area contributed by atoms with E-state index in [1.54, 1.807) is 12.1 Å². The van der Waals surface area contributed by atoms with Gasteiger partial charge in [0.05, 0.1) is 0 Å². The van der Waals surface area contributed by atoms with Crippen molar-refractivity contribution in [1.29, 1.82) is 0 Å². The number of halogens is 2. The van der Waals surface area contributed by atoms with Gasteiger partial charge in [0, 0.05) is 24.4 Å². The fourth-order valence-corrected chi connectivity index (χ4v) is 1.46. The molecule has 1 atom stereocenters. The van der Waals surface area contributed by atoms with Crippen LogP contribution in [0, 0.1) is 0 Å². The average molecular weight is 352 g/mol. The highest BCUT2D eigenvalue weighted by Gasteiger charge is 2.21. The van der Waals surface area contributed by atoms with Crippen LogP contribution in [0.25, 0.3) is 0 Å². The summed E-state index contributed by atoms with van der Waals surface area (Å²) in [6, 6.07) is 4.00. The molecule has 0 aliphatic heterocycles. The molecule has 0 saturated heterocycles. The van der Waals surface area contributed by atoms with Gasteiger partial charge in [0.25, 0.3) is 0 Å². The first kappa shape index (κ1) is 20.9. The van der Waals surface area contributed by atoms with Gasteiger partial charge in [0.15, 0.2) is 5.82 Å². The van der Waals surface area contributed by atoms with Crippen LogP contribution in [0.3, 0.4) is 0 Å². The first-order chi connectivity index (χ1) is 9.63. The molecule has 7 nitrogen and oxygen atoms in total. The highest BCUT2D eigenvalue weighted by molar-refractivity contribution is 5.85. The molecule has 2 rings (SSSR count). The van der Waals surface area contributed by atoms with Gasteiger partial charge in [-0.15, -0.1) is 35.0 Å². The van der Waals surface area contributed by atoms with Crippen molar-refractivity contribution < 1.29 is 9.84 Å². The van der Waals surface area contributed by atoms with Crippen LogP contribution in [-0.4, -0.2) is 46.3 Å². The summed E-state index contributed by atoms with van der Waals surface area (Å²) in [4.78, 5) is 0. The lowest BCUT2D eigenvalue weighted by Gasteiger charge is -2.12. The lowest BCUT2D eigenvalue weighted by atomic mass is 10.4. The molecule has 0 spiro atoms. The molecule has 1 aromatic heterocycles. The second kappa shape index (κ2) is 10.6. The zero-order chi connectivity index (χ0) is 14.4. The molecule has 1 aliphatic rings. The summed E-state index contributed by atoms with van der Waals surface area (Å²) in [5.41, 5.74) is 3.68. The Labute approximate surface area is 142 Å². The van der Waals surface area contributed by atoms with Gasteiger partial charge in [-0.1, -0.05) is 0 Å². The Morgan fingerprint density at radius 2 is 2.09 bits per heavy atom. The number of hydrogen-bond donors (Lipinski definition) is 3. The minimum absolute atomic E-state index is 0. The molecular weight excluding hydrogens is 329 g/mol. The number of aromatic nitrogens is 2. The van der Waals surface area contributed by atoms with Crippen LogP contribution in [0.1, 0.15) is 26.7 Å². The topological polar surface area (TPSA) is 91.7 Å². The lowest BCUT2D eigenvalue weighted by Crippen LogP contribution is -2.32. The van der Waals surface area contributed by atoms with E-state index in [0.717, 1.165) is 5.71 Å². The van der Waals surface area contributed by atoms with E-state index >= 15 is 0 Å². The van der Waals surface area contributed by atoms with Gasteiger partial charge in [-0.3, -0.25) is 5.43 Å². The van der Waals surface area contributed by atoms with Crippen LogP contribution in [0.15, 0.2) is 17.2 Å². The zero-order valence-corrected chi connectivity index (χ0v) is 14.3. The number of hydrogen-bond acceptors (Lipinski definition) is 7. The van der Waals surface area contributed by atoms with Crippen LogP contribution in [0.4, 0.5) is 5.82 Å². The number of aliphatic hydroxyl groups is 1. The van der Waals surface area contributed by atoms with Crippen molar-refractivity contribution in [3.8, 4) is 5.88 Å². The Morgan fingerprint density at radius 3 is 2.64 bits per heavy atom. The summed E-state index contributed by atoms with van der Waals surface area (Å²) in [5, 5.41) is 24.8. The van der Waals surface area contributed by atoms with E-state index in [9.17, 15) is 5.11 Å². The van der Waals surface area contributed by atoms with Crippen LogP contribution in [0.5, 0.6) is 5.88 Å². The zero-order valence-electron chi connectivity index (χ0n) is 12.7. The highest BCUT2D eigenvalue weighted by Crippen LogP contribution is 2.18. The summed E-state index contributed by atoms with van der Waals surface area (Å²) in [5.74, 6) is 0.938. The van der Waals surface area contributed by atoms with Gasteiger partial charge in [-0.2, -0.15) is 5.10 Å². The first-order valence-corrected chi connectivity index (χ1v) is 6.78. The summed E-state index contributed by atoms with van der Waals surface area (Å²) in [7, 11) is 0. The van der Waals surface area contributed by atoms with E-state index in [2.05, 4.69) is 26.0 Å². The Kier molecular flexibility index (Phi) is 10.0. The molecule has 1 aliphatic carbocycles. The van der Waals surface area contributed by atoms with Gasteiger partial charge in [-0.25, -0.2) is 0 Å². The molecule has 1 saturated carbocycles. The molecule has 126 valence electrons. The molecule has 9 heteroatoms. The quantitative estimate of drug-likeness (QED) is 0.486. The highest BCUT2D eigenvalue weighted by atomic mass is 35.5. The van der Waals surface area contributed by atoms with Crippen molar-refractivity contribution in [3.05, 3.63) is 12.1 Å². The Balaban J connectivity index is 0.00000220. The van der Waals surface area contributed by atoms with E-state index in [1.807, 2.05) is 13.8 Å². The van der Waals surface area contributed by atoms with E-state index in [1.165, 1.54) is 12.8 Å². The van der Waals surface area contributed by atoms with E-state index in [4.69, 9.17) is 4.74 Å². The standard InChI is InChI=1S/C13H21N5O2.2ClH/c1-9(2)15-16-12-5-6-13(18-17-12)20-8-11(19)7-14-10-3-4-10;;/h5-6,10-11,14,19H,3-4,7-8H2,1-2H3,(H,16,17);2*1H. The number of nitrogens with zero attached hydrogens (tertiary/aromatic N) is 3. The minimum Gasteiger partial charge on any atom is -0.474 e. The summed E-state index contributed by atoms with van der Waals surface area (Å²) < 4.78 is 5.37. The van der Waals surface area contributed by atoms with Crippen molar-refractivity contribution >= 4 is 36.3 Å². The minimum atomic E-state index is -0.539. The number of ether oxygens (including phenoxy) is 1. The maximum absolute atomic E-state index is 9.72. The van der Waals surface area contributed by atoms with Crippen LogP contribution < -0.4 is 15.5 Å². The third kappa shape index (κ3) is 8.33. The fourth-order valence-electron chi connectivity index (χ4n) is 1.46. The van der Waals surface area contributed by atoms with E-state index in [0.29, 0.717) is 24.3 Å². The molecule has 1 unspecified atom stereocenters. The lowest BCUT2D eigenvalue weighted by molar-refractivity contribution is 0.103. The fraction of sp³-hybridized carbons (Fsp3) is 0.615. The Hall–Kier alpha value is -1.15. The molecule has 0 amide bonds. The van der Waals surface area contributed by atoms with Gasteiger partial charge in [0.2, 0.25) is 5.88 Å². The normalized spacial score (nSPS) is 14.1. The van der Waals surface area contributed by atoms with Gasteiger partial charge in [-0.05, 0) is 32.8 Å². The number of anilines is 1. The average Bonchev–Trinajstić information content (AvgIpc) is 3.26. The van der Waals surface area contributed by atoms with Crippen LogP contribution in [-0.2, 0) is 0 Å². The maximum atomic E-state index is 9.72. The summed E-state index contributed by atoms with van der Waals surface area (Å²) in [6.45, 7) is 4.51. The molecule has 1 aromatic rings. The smallest absolute Gasteiger partial charge is 0.233 e. The third-order valence-corrected chi connectivity index (χ3v) is 2.68. The number of aliphatic hydroxyl groups excluding tert-OH is 1. The summed E-state index contributed by atoms with van der Waals surface area (Å²) in [6.07, 6.45) is 1.86.